The normalized spacial score (nSPS) is 19.3. The fourth-order valence-corrected chi connectivity index (χ4v) is 2.66. The predicted octanol–water partition coefficient (Wildman–Crippen LogP) is 0.553. The van der Waals surface area contributed by atoms with Gasteiger partial charge in [-0.2, -0.15) is 0 Å². The number of hydrogen-bond donors (Lipinski definition) is 2. The summed E-state index contributed by atoms with van der Waals surface area (Å²) in [6, 6.07) is 6.64. The summed E-state index contributed by atoms with van der Waals surface area (Å²) < 4.78 is 0. The van der Waals surface area contributed by atoms with E-state index < -0.39 is 18.0 Å². The van der Waals surface area contributed by atoms with Crippen LogP contribution in [-0.4, -0.2) is 28.8 Å². The van der Waals surface area contributed by atoms with Crippen molar-refractivity contribution in [2.75, 3.05) is 0 Å². The van der Waals surface area contributed by atoms with Crippen LogP contribution >= 0.6 is 0 Å². The molecule has 0 radical (unpaired) electrons. The van der Waals surface area contributed by atoms with Crippen LogP contribution in [0.15, 0.2) is 24.3 Å². The summed E-state index contributed by atoms with van der Waals surface area (Å²) in [5.41, 5.74) is 13.5. The monoisotopic (exact) mass is 275 g/mol. The molecule has 0 saturated carbocycles. The molecule has 1 heterocycles. The fourth-order valence-electron chi connectivity index (χ4n) is 2.66. The molecule has 0 aliphatic carbocycles. The summed E-state index contributed by atoms with van der Waals surface area (Å²) >= 11 is 0. The third-order valence-electron chi connectivity index (χ3n) is 3.78. The van der Waals surface area contributed by atoms with Crippen molar-refractivity contribution < 1.29 is 9.59 Å². The summed E-state index contributed by atoms with van der Waals surface area (Å²) in [6.45, 7) is 2.38. The molecule has 2 amide bonds. The second kappa shape index (κ2) is 6.05. The Morgan fingerprint density at radius 1 is 1.35 bits per heavy atom. The first-order chi connectivity index (χ1) is 9.54. The van der Waals surface area contributed by atoms with Crippen LogP contribution in [0.3, 0.4) is 0 Å². The standard InChI is InChI=1S/C15H21N3O2/c1-2-5-12(16)15(20)18-9-11-7-4-3-6-10(11)8-13(18)14(17)19/h3-4,6-7,12-13H,2,5,8-9,16H2,1H3,(H2,17,19). The van der Waals surface area contributed by atoms with Gasteiger partial charge in [-0.3, -0.25) is 9.59 Å². The number of primary amides is 1. The number of carbonyl (C=O) groups is 2. The molecule has 0 spiro atoms. The van der Waals surface area contributed by atoms with E-state index in [4.69, 9.17) is 11.5 Å². The Bertz CT molecular complexity index is 516. The molecule has 5 heteroatoms. The first-order valence-corrected chi connectivity index (χ1v) is 6.96. The van der Waals surface area contributed by atoms with Gasteiger partial charge in [0.2, 0.25) is 11.8 Å². The number of nitrogens with two attached hydrogens (primary N) is 2. The molecule has 1 aliphatic rings. The van der Waals surface area contributed by atoms with E-state index in [0.29, 0.717) is 19.4 Å². The van der Waals surface area contributed by atoms with E-state index in [0.717, 1.165) is 17.5 Å². The van der Waals surface area contributed by atoms with Crippen molar-refractivity contribution in [2.45, 2.75) is 44.8 Å². The second-order valence-electron chi connectivity index (χ2n) is 5.25. The minimum atomic E-state index is -0.597. The summed E-state index contributed by atoms with van der Waals surface area (Å²) in [4.78, 5) is 25.6. The predicted molar refractivity (Wildman–Crippen MR) is 76.6 cm³/mol. The molecule has 1 aliphatic heterocycles. The fraction of sp³-hybridized carbons (Fsp3) is 0.467. The average molecular weight is 275 g/mol. The van der Waals surface area contributed by atoms with Crippen LogP contribution < -0.4 is 11.5 Å². The highest BCUT2D eigenvalue weighted by Crippen LogP contribution is 2.24. The van der Waals surface area contributed by atoms with Gasteiger partial charge in [0.05, 0.1) is 6.04 Å². The molecule has 2 rings (SSSR count). The van der Waals surface area contributed by atoms with E-state index in [1.165, 1.54) is 4.90 Å². The molecule has 2 unspecified atom stereocenters. The van der Waals surface area contributed by atoms with Crippen molar-refractivity contribution in [2.24, 2.45) is 11.5 Å². The number of fused-ring (bicyclic) bond motifs is 1. The van der Waals surface area contributed by atoms with E-state index in [1.807, 2.05) is 31.2 Å². The number of benzene rings is 1. The zero-order valence-electron chi connectivity index (χ0n) is 11.7. The van der Waals surface area contributed by atoms with Gasteiger partial charge in [-0.25, -0.2) is 0 Å². The van der Waals surface area contributed by atoms with Crippen LogP contribution in [0, 0.1) is 0 Å². The maximum atomic E-state index is 12.4. The SMILES string of the molecule is CCCC(N)C(=O)N1Cc2ccccc2CC1C(N)=O. The van der Waals surface area contributed by atoms with Crippen LogP contribution in [0.25, 0.3) is 0 Å². The molecule has 1 aromatic carbocycles. The number of carbonyl (C=O) groups excluding carboxylic acids is 2. The Balaban J connectivity index is 2.26. The van der Waals surface area contributed by atoms with Crippen molar-refractivity contribution in [3.8, 4) is 0 Å². The lowest BCUT2D eigenvalue weighted by Crippen LogP contribution is -2.55. The van der Waals surface area contributed by atoms with E-state index in [-0.39, 0.29) is 5.91 Å². The Morgan fingerprint density at radius 3 is 2.60 bits per heavy atom. The highest BCUT2D eigenvalue weighted by atomic mass is 16.2. The van der Waals surface area contributed by atoms with Gasteiger partial charge in [-0.15, -0.1) is 0 Å². The minimum absolute atomic E-state index is 0.190. The molecule has 0 bridgehead atoms. The van der Waals surface area contributed by atoms with Gasteiger partial charge in [0, 0.05) is 13.0 Å². The van der Waals surface area contributed by atoms with E-state index in [2.05, 4.69) is 0 Å². The lowest BCUT2D eigenvalue weighted by Gasteiger charge is -2.36. The third-order valence-corrected chi connectivity index (χ3v) is 3.78. The van der Waals surface area contributed by atoms with Gasteiger partial charge >= 0.3 is 0 Å². The van der Waals surface area contributed by atoms with Gasteiger partial charge < -0.3 is 16.4 Å². The molecule has 20 heavy (non-hydrogen) atoms. The third kappa shape index (κ3) is 2.82. The van der Waals surface area contributed by atoms with Crippen LogP contribution in [0.2, 0.25) is 0 Å². The van der Waals surface area contributed by atoms with Gasteiger partial charge in [-0.1, -0.05) is 37.6 Å². The Kier molecular flexibility index (Phi) is 4.39. The minimum Gasteiger partial charge on any atom is -0.368 e. The zero-order valence-corrected chi connectivity index (χ0v) is 11.7. The molecular formula is C15H21N3O2. The smallest absolute Gasteiger partial charge is 0.240 e. The topological polar surface area (TPSA) is 89.4 Å². The molecule has 0 saturated heterocycles. The number of amides is 2. The van der Waals surface area contributed by atoms with Gasteiger partial charge in [-0.05, 0) is 17.5 Å². The Labute approximate surface area is 118 Å². The number of hydrogen-bond acceptors (Lipinski definition) is 3. The molecule has 5 nitrogen and oxygen atoms in total. The molecule has 4 N–H and O–H groups in total. The lowest BCUT2D eigenvalue weighted by atomic mass is 9.92. The van der Waals surface area contributed by atoms with Crippen molar-refractivity contribution in [3.05, 3.63) is 35.4 Å². The zero-order chi connectivity index (χ0) is 14.7. The van der Waals surface area contributed by atoms with Gasteiger partial charge in [0.1, 0.15) is 6.04 Å². The molecule has 2 atom stereocenters. The molecule has 0 fully saturated rings. The van der Waals surface area contributed by atoms with Crippen molar-refractivity contribution in [1.29, 1.82) is 0 Å². The van der Waals surface area contributed by atoms with E-state index in [9.17, 15) is 9.59 Å². The molecule has 108 valence electrons. The first kappa shape index (κ1) is 14.5. The van der Waals surface area contributed by atoms with Crippen LogP contribution in [0.1, 0.15) is 30.9 Å². The number of nitrogens with zero attached hydrogens (tertiary/aromatic N) is 1. The summed E-state index contributed by atoms with van der Waals surface area (Å²) in [6.07, 6.45) is 1.91. The van der Waals surface area contributed by atoms with E-state index >= 15 is 0 Å². The largest absolute Gasteiger partial charge is 0.368 e. The second-order valence-corrected chi connectivity index (χ2v) is 5.25. The summed E-state index contributed by atoms with van der Waals surface area (Å²) in [7, 11) is 0. The van der Waals surface area contributed by atoms with Crippen molar-refractivity contribution >= 4 is 11.8 Å². The quantitative estimate of drug-likeness (QED) is 0.841. The lowest BCUT2D eigenvalue weighted by molar-refractivity contribution is -0.141. The average Bonchev–Trinajstić information content (AvgIpc) is 2.45. The summed E-state index contributed by atoms with van der Waals surface area (Å²) in [5, 5.41) is 0. The molecule has 1 aromatic rings. The van der Waals surface area contributed by atoms with Crippen LogP contribution in [0.4, 0.5) is 0 Å². The maximum absolute atomic E-state index is 12.4. The Hall–Kier alpha value is -1.88. The van der Waals surface area contributed by atoms with Crippen molar-refractivity contribution in [3.63, 3.8) is 0 Å². The van der Waals surface area contributed by atoms with Crippen LogP contribution in [0.5, 0.6) is 0 Å². The molecule has 0 aromatic heterocycles. The first-order valence-electron chi connectivity index (χ1n) is 6.96. The highest BCUT2D eigenvalue weighted by Gasteiger charge is 2.34. The van der Waals surface area contributed by atoms with Crippen molar-refractivity contribution in [1.82, 2.24) is 4.90 Å². The molecular weight excluding hydrogens is 254 g/mol. The van der Waals surface area contributed by atoms with Gasteiger partial charge in [0.15, 0.2) is 0 Å². The Morgan fingerprint density at radius 2 is 2.00 bits per heavy atom. The maximum Gasteiger partial charge on any atom is 0.240 e. The highest BCUT2D eigenvalue weighted by molar-refractivity contribution is 5.89. The van der Waals surface area contributed by atoms with Gasteiger partial charge in [0.25, 0.3) is 0 Å². The van der Waals surface area contributed by atoms with Crippen LogP contribution in [-0.2, 0) is 22.6 Å². The summed E-state index contributed by atoms with van der Waals surface area (Å²) in [5.74, 6) is -0.665. The number of rotatable bonds is 4. The van der Waals surface area contributed by atoms with E-state index in [1.54, 1.807) is 0 Å².